The molecule has 3 aromatic heterocycles. The number of benzene rings is 1. The number of hydrogen-bond donors (Lipinski definition) is 2. The monoisotopic (exact) mass is 336 g/mol. The lowest BCUT2D eigenvalue weighted by atomic mass is 10.2. The second-order valence-corrected chi connectivity index (χ2v) is 6.45. The van der Waals surface area contributed by atoms with Crippen LogP contribution in [0.4, 0.5) is 5.82 Å². The quantitative estimate of drug-likeness (QED) is 0.583. The fourth-order valence-electron chi connectivity index (χ4n) is 2.56. The van der Waals surface area contributed by atoms with Crippen LogP contribution in [0, 0.1) is 6.92 Å². The fraction of sp³-hybridized carbons (Fsp3) is 0.176. The van der Waals surface area contributed by atoms with Crippen molar-refractivity contribution in [1.82, 2.24) is 25.1 Å². The molecule has 0 unspecified atom stereocenters. The van der Waals surface area contributed by atoms with Crippen LogP contribution in [-0.2, 0) is 6.42 Å². The Bertz CT molecular complexity index is 946. The fourth-order valence-corrected chi connectivity index (χ4v) is 3.64. The molecule has 0 bridgehead atoms. The molecule has 4 aromatic rings. The Hall–Kier alpha value is -2.80. The molecule has 24 heavy (non-hydrogen) atoms. The van der Waals surface area contributed by atoms with Crippen LogP contribution < -0.4 is 5.32 Å². The van der Waals surface area contributed by atoms with Crippen LogP contribution >= 0.6 is 11.3 Å². The number of rotatable bonds is 5. The van der Waals surface area contributed by atoms with E-state index in [1.807, 2.05) is 25.1 Å². The minimum absolute atomic E-state index is 0.733. The highest BCUT2D eigenvalue weighted by molar-refractivity contribution is 7.21. The van der Waals surface area contributed by atoms with Crippen molar-refractivity contribution < 1.29 is 0 Å². The molecule has 0 aliphatic rings. The van der Waals surface area contributed by atoms with Crippen LogP contribution in [0.2, 0.25) is 0 Å². The third-order valence-electron chi connectivity index (χ3n) is 3.68. The number of aromatic amines is 1. The largest absolute Gasteiger partial charge is 0.369 e. The molecule has 120 valence electrons. The van der Waals surface area contributed by atoms with E-state index in [0.29, 0.717) is 0 Å². The maximum Gasteiger partial charge on any atom is 0.138 e. The molecule has 0 radical (unpaired) electrons. The summed E-state index contributed by atoms with van der Waals surface area (Å²) < 4.78 is 0. The summed E-state index contributed by atoms with van der Waals surface area (Å²) in [4.78, 5) is 15.5. The summed E-state index contributed by atoms with van der Waals surface area (Å²) in [6.45, 7) is 2.65. The van der Waals surface area contributed by atoms with Gasteiger partial charge < -0.3 is 5.32 Å². The summed E-state index contributed by atoms with van der Waals surface area (Å²) in [6.07, 6.45) is 2.29. The molecular weight excluding hydrogens is 320 g/mol. The van der Waals surface area contributed by atoms with E-state index in [9.17, 15) is 0 Å². The van der Waals surface area contributed by atoms with Crippen LogP contribution in [-0.4, -0.2) is 31.7 Å². The standard InChI is InChI=1S/C17H16N6S/c1-11-21-16(18-8-7-15-19-10-20-23-15)13-9-14(24-17(13)22-11)12-5-3-2-4-6-12/h2-6,9-10H,7-8H2,1H3,(H,18,21,22)(H,19,20,23). The van der Waals surface area contributed by atoms with Crippen LogP contribution in [0.15, 0.2) is 42.7 Å². The molecule has 4 rings (SSSR count). The first kappa shape index (κ1) is 14.8. The molecule has 0 atom stereocenters. The molecule has 7 heteroatoms. The summed E-state index contributed by atoms with van der Waals surface area (Å²) >= 11 is 1.69. The van der Waals surface area contributed by atoms with Crippen molar-refractivity contribution in [2.45, 2.75) is 13.3 Å². The predicted octanol–water partition coefficient (Wildman–Crippen LogP) is 3.44. The van der Waals surface area contributed by atoms with Gasteiger partial charge in [-0.2, -0.15) is 5.10 Å². The van der Waals surface area contributed by atoms with Crippen molar-refractivity contribution in [2.24, 2.45) is 0 Å². The lowest BCUT2D eigenvalue weighted by Crippen LogP contribution is -2.08. The topological polar surface area (TPSA) is 79.4 Å². The second kappa shape index (κ2) is 6.37. The van der Waals surface area contributed by atoms with E-state index < -0.39 is 0 Å². The number of nitrogens with one attached hydrogen (secondary N) is 2. The number of thiophene rings is 1. The number of fused-ring (bicyclic) bond motifs is 1. The zero-order chi connectivity index (χ0) is 16.4. The second-order valence-electron chi connectivity index (χ2n) is 5.42. The van der Waals surface area contributed by atoms with Gasteiger partial charge in [0.1, 0.15) is 28.6 Å². The highest BCUT2D eigenvalue weighted by Crippen LogP contribution is 2.35. The number of aromatic nitrogens is 5. The molecule has 0 spiro atoms. The van der Waals surface area contributed by atoms with Crippen LogP contribution in [0.25, 0.3) is 20.7 Å². The molecular formula is C17H16N6S. The summed E-state index contributed by atoms with van der Waals surface area (Å²) in [6, 6.07) is 12.5. The van der Waals surface area contributed by atoms with Gasteiger partial charge in [0, 0.05) is 17.8 Å². The molecule has 0 amide bonds. The van der Waals surface area contributed by atoms with Gasteiger partial charge in [-0.15, -0.1) is 11.3 Å². The normalized spacial score (nSPS) is 11.0. The average Bonchev–Trinajstić information content (AvgIpc) is 3.25. The van der Waals surface area contributed by atoms with E-state index >= 15 is 0 Å². The molecule has 0 fully saturated rings. The van der Waals surface area contributed by atoms with Gasteiger partial charge in [-0.3, -0.25) is 5.10 Å². The van der Waals surface area contributed by atoms with Crippen molar-refractivity contribution in [3.05, 3.63) is 54.4 Å². The Balaban J connectivity index is 1.63. The first-order chi connectivity index (χ1) is 11.8. The van der Waals surface area contributed by atoms with E-state index in [-0.39, 0.29) is 0 Å². The van der Waals surface area contributed by atoms with Crippen molar-refractivity contribution in [3.8, 4) is 10.4 Å². The highest BCUT2D eigenvalue weighted by atomic mass is 32.1. The molecule has 0 saturated heterocycles. The third kappa shape index (κ3) is 2.98. The highest BCUT2D eigenvalue weighted by Gasteiger charge is 2.11. The Labute approximate surface area is 143 Å². The van der Waals surface area contributed by atoms with Crippen LogP contribution in [0.1, 0.15) is 11.6 Å². The van der Waals surface area contributed by atoms with E-state index in [0.717, 1.165) is 40.6 Å². The molecule has 2 N–H and O–H groups in total. The van der Waals surface area contributed by atoms with E-state index in [1.54, 1.807) is 11.3 Å². The summed E-state index contributed by atoms with van der Waals surface area (Å²) in [7, 11) is 0. The van der Waals surface area contributed by atoms with Crippen molar-refractivity contribution in [1.29, 1.82) is 0 Å². The minimum atomic E-state index is 0.733. The van der Waals surface area contributed by atoms with Crippen molar-refractivity contribution >= 4 is 27.4 Å². The summed E-state index contributed by atoms with van der Waals surface area (Å²) in [5, 5.41) is 11.2. The Kier molecular flexibility index (Phi) is 3.92. The summed E-state index contributed by atoms with van der Waals surface area (Å²) in [5.74, 6) is 2.50. The third-order valence-corrected chi connectivity index (χ3v) is 4.76. The number of aryl methyl sites for hydroxylation is 1. The Morgan fingerprint density at radius 1 is 1.17 bits per heavy atom. The smallest absolute Gasteiger partial charge is 0.138 e. The molecule has 6 nitrogen and oxygen atoms in total. The van der Waals surface area contributed by atoms with Crippen LogP contribution in [0.5, 0.6) is 0 Å². The lowest BCUT2D eigenvalue weighted by molar-refractivity contribution is 0.896. The van der Waals surface area contributed by atoms with Gasteiger partial charge in [0.25, 0.3) is 0 Å². The van der Waals surface area contributed by atoms with Gasteiger partial charge in [0.2, 0.25) is 0 Å². The summed E-state index contributed by atoms with van der Waals surface area (Å²) in [5.41, 5.74) is 1.20. The maximum atomic E-state index is 4.58. The van der Waals surface area contributed by atoms with Gasteiger partial charge in [-0.1, -0.05) is 30.3 Å². The zero-order valence-electron chi connectivity index (χ0n) is 13.2. The number of anilines is 1. The Morgan fingerprint density at radius 3 is 2.83 bits per heavy atom. The van der Waals surface area contributed by atoms with E-state index in [4.69, 9.17) is 0 Å². The van der Waals surface area contributed by atoms with Crippen molar-refractivity contribution in [3.63, 3.8) is 0 Å². The van der Waals surface area contributed by atoms with Gasteiger partial charge in [0.05, 0.1) is 5.39 Å². The van der Waals surface area contributed by atoms with E-state index in [2.05, 4.69) is 48.7 Å². The lowest BCUT2D eigenvalue weighted by Gasteiger charge is -2.06. The zero-order valence-corrected chi connectivity index (χ0v) is 14.0. The maximum absolute atomic E-state index is 4.58. The average molecular weight is 336 g/mol. The van der Waals surface area contributed by atoms with Crippen LogP contribution in [0.3, 0.4) is 0 Å². The van der Waals surface area contributed by atoms with Gasteiger partial charge in [-0.05, 0) is 18.6 Å². The number of H-pyrrole nitrogens is 1. The molecule has 3 heterocycles. The molecule has 1 aromatic carbocycles. The number of hydrogen-bond acceptors (Lipinski definition) is 6. The first-order valence-electron chi connectivity index (χ1n) is 7.71. The number of nitrogens with zero attached hydrogens (tertiary/aromatic N) is 4. The SMILES string of the molecule is Cc1nc(NCCc2ncn[nH]2)c2cc(-c3ccccc3)sc2n1. The van der Waals surface area contributed by atoms with Gasteiger partial charge >= 0.3 is 0 Å². The van der Waals surface area contributed by atoms with E-state index in [1.165, 1.54) is 16.8 Å². The van der Waals surface area contributed by atoms with Crippen molar-refractivity contribution in [2.75, 3.05) is 11.9 Å². The van der Waals surface area contributed by atoms with Gasteiger partial charge in [0.15, 0.2) is 0 Å². The Morgan fingerprint density at radius 2 is 2.04 bits per heavy atom. The first-order valence-corrected chi connectivity index (χ1v) is 8.53. The molecule has 0 aliphatic heterocycles. The molecule has 0 aliphatic carbocycles. The molecule has 0 saturated carbocycles. The van der Waals surface area contributed by atoms with Gasteiger partial charge in [-0.25, -0.2) is 15.0 Å². The minimum Gasteiger partial charge on any atom is -0.369 e. The predicted molar refractivity (Wildman–Crippen MR) is 96.2 cm³/mol.